The highest BCUT2D eigenvalue weighted by Gasteiger charge is 2.14. The fraction of sp³-hybridized carbons (Fsp3) is 0.0833. The van der Waals surface area contributed by atoms with Gasteiger partial charge in [0.2, 0.25) is 24.4 Å². The number of aromatic nitrogens is 3. The summed E-state index contributed by atoms with van der Waals surface area (Å²) in [5, 5.41) is 6.94. The lowest BCUT2D eigenvalue weighted by Gasteiger charge is -2.08. The summed E-state index contributed by atoms with van der Waals surface area (Å²) in [4.78, 5) is 20.9. The average Bonchev–Trinajstić information content (AvgIpc) is 3.49. The maximum absolute atomic E-state index is 12.5. The second-order valence-electron chi connectivity index (χ2n) is 7.02. The molecule has 158 valence electrons. The Morgan fingerprint density at radius 2 is 1.88 bits per heavy atom. The van der Waals surface area contributed by atoms with Crippen LogP contribution in [0.1, 0.15) is 17.0 Å². The summed E-state index contributed by atoms with van der Waals surface area (Å²) in [5.74, 6) is 2.07. The molecule has 5 rings (SSSR count). The van der Waals surface area contributed by atoms with E-state index in [-0.39, 0.29) is 12.7 Å². The Morgan fingerprint density at radius 3 is 2.78 bits per heavy atom. The number of carbonyl (C=O) groups is 1. The third-order valence-electron chi connectivity index (χ3n) is 4.85. The Hall–Kier alpha value is -4.46. The quantitative estimate of drug-likeness (QED) is 0.463. The molecule has 0 atom stereocenters. The number of nitrogens with zero attached hydrogens (tertiary/aromatic N) is 3. The second kappa shape index (κ2) is 8.73. The second-order valence-corrected chi connectivity index (χ2v) is 7.02. The van der Waals surface area contributed by atoms with E-state index in [4.69, 9.17) is 14.0 Å². The molecule has 0 fully saturated rings. The standard InChI is InChI=1S/C24H18N4O4/c29-22(8-6-16-5-7-20-21(13-16)31-15-30-20)26-19-4-2-1-3-18(19)14-23-27-24(28-32-23)17-9-11-25-12-10-17/h1-13H,14-15H2,(H,26,29)/b8-6+. The molecule has 8 nitrogen and oxygen atoms in total. The smallest absolute Gasteiger partial charge is 0.248 e. The lowest BCUT2D eigenvalue weighted by Crippen LogP contribution is -2.10. The van der Waals surface area contributed by atoms with Crippen LogP contribution in [-0.2, 0) is 11.2 Å². The number of hydrogen-bond donors (Lipinski definition) is 1. The lowest BCUT2D eigenvalue weighted by atomic mass is 10.1. The SMILES string of the molecule is O=C(/C=C/c1ccc2c(c1)OCO2)Nc1ccccc1Cc1nc(-c2ccncc2)no1. The molecule has 2 aromatic carbocycles. The first kappa shape index (κ1) is 19.5. The highest BCUT2D eigenvalue weighted by atomic mass is 16.7. The van der Waals surface area contributed by atoms with Gasteiger partial charge in [-0.3, -0.25) is 9.78 Å². The van der Waals surface area contributed by atoms with Gasteiger partial charge < -0.3 is 19.3 Å². The van der Waals surface area contributed by atoms with Gasteiger partial charge in [0.1, 0.15) is 0 Å². The molecule has 1 aliphatic heterocycles. The molecule has 0 spiro atoms. The van der Waals surface area contributed by atoms with Gasteiger partial charge in [0.15, 0.2) is 11.5 Å². The van der Waals surface area contributed by atoms with Gasteiger partial charge in [0.05, 0.1) is 6.42 Å². The molecule has 0 saturated carbocycles. The molecule has 1 amide bonds. The van der Waals surface area contributed by atoms with Crippen LogP contribution in [0.15, 0.2) is 77.6 Å². The van der Waals surface area contributed by atoms with Crippen LogP contribution < -0.4 is 14.8 Å². The third-order valence-corrected chi connectivity index (χ3v) is 4.85. The summed E-state index contributed by atoms with van der Waals surface area (Å²) < 4.78 is 16.1. The minimum Gasteiger partial charge on any atom is -0.454 e. The van der Waals surface area contributed by atoms with E-state index >= 15 is 0 Å². The monoisotopic (exact) mass is 426 g/mol. The van der Waals surface area contributed by atoms with Crippen LogP contribution in [0.25, 0.3) is 17.5 Å². The van der Waals surface area contributed by atoms with Crippen molar-refractivity contribution < 1.29 is 18.8 Å². The number of carbonyl (C=O) groups excluding carboxylic acids is 1. The normalized spacial score (nSPS) is 12.2. The molecule has 1 aliphatic rings. The first-order valence-corrected chi connectivity index (χ1v) is 9.94. The van der Waals surface area contributed by atoms with E-state index in [1.807, 2.05) is 54.6 Å². The molecule has 0 radical (unpaired) electrons. The number of hydrogen-bond acceptors (Lipinski definition) is 7. The van der Waals surface area contributed by atoms with Crippen molar-refractivity contribution >= 4 is 17.7 Å². The predicted molar refractivity (Wildman–Crippen MR) is 117 cm³/mol. The van der Waals surface area contributed by atoms with Gasteiger partial charge in [-0.05, 0) is 47.5 Å². The zero-order valence-corrected chi connectivity index (χ0v) is 16.9. The van der Waals surface area contributed by atoms with E-state index < -0.39 is 0 Å². The van der Waals surface area contributed by atoms with Crippen molar-refractivity contribution in [3.8, 4) is 22.9 Å². The Labute approximate surface area is 183 Å². The van der Waals surface area contributed by atoms with Gasteiger partial charge in [-0.25, -0.2) is 0 Å². The molecule has 0 unspecified atom stereocenters. The number of benzene rings is 2. The van der Waals surface area contributed by atoms with Crippen molar-refractivity contribution in [1.82, 2.24) is 15.1 Å². The summed E-state index contributed by atoms with van der Waals surface area (Å²) in [5.41, 5.74) is 3.20. The molecule has 1 N–H and O–H groups in total. The zero-order chi connectivity index (χ0) is 21.8. The number of anilines is 1. The van der Waals surface area contributed by atoms with E-state index in [9.17, 15) is 4.79 Å². The molecule has 3 heterocycles. The van der Waals surface area contributed by atoms with Crippen molar-refractivity contribution in [2.45, 2.75) is 6.42 Å². The van der Waals surface area contributed by atoms with Crippen molar-refractivity contribution in [3.05, 3.63) is 90.1 Å². The molecule has 8 heteroatoms. The van der Waals surface area contributed by atoms with Crippen LogP contribution in [-0.4, -0.2) is 27.8 Å². The Balaban J connectivity index is 1.27. The fourth-order valence-electron chi connectivity index (χ4n) is 3.27. The van der Waals surface area contributed by atoms with Gasteiger partial charge in [-0.1, -0.05) is 29.4 Å². The predicted octanol–water partition coefficient (Wildman–Crippen LogP) is 4.10. The van der Waals surface area contributed by atoms with E-state index in [2.05, 4.69) is 20.4 Å². The zero-order valence-electron chi connectivity index (χ0n) is 16.9. The molecule has 32 heavy (non-hydrogen) atoms. The van der Waals surface area contributed by atoms with Crippen LogP contribution >= 0.6 is 0 Å². The summed E-state index contributed by atoms with van der Waals surface area (Å²) >= 11 is 0. The molecular weight excluding hydrogens is 408 g/mol. The van der Waals surface area contributed by atoms with Gasteiger partial charge >= 0.3 is 0 Å². The van der Waals surface area contributed by atoms with E-state index in [1.165, 1.54) is 6.08 Å². The molecular formula is C24H18N4O4. The van der Waals surface area contributed by atoms with Crippen molar-refractivity contribution in [3.63, 3.8) is 0 Å². The molecule has 2 aromatic heterocycles. The van der Waals surface area contributed by atoms with E-state index in [0.29, 0.717) is 35.3 Å². The number of nitrogens with one attached hydrogen (secondary N) is 1. The molecule has 0 saturated heterocycles. The number of para-hydroxylation sites is 1. The van der Waals surface area contributed by atoms with Gasteiger partial charge in [0, 0.05) is 29.7 Å². The number of rotatable bonds is 6. The van der Waals surface area contributed by atoms with Crippen LogP contribution in [0.5, 0.6) is 11.5 Å². The maximum atomic E-state index is 12.5. The first-order chi connectivity index (χ1) is 15.7. The fourth-order valence-corrected chi connectivity index (χ4v) is 3.27. The Morgan fingerprint density at radius 1 is 1.03 bits per heavy atom. The highest BCUT2D eigenvalue weighted by Crippen LogP contribution is 2.32. The minimum absolute atomic E-state index is 0.212. The highest BCUT2D eigenvalue weighted by molar-refractivity contribution is 6.02. The maximum Gasteiger partial charge on any atom is 0.248 e. The summed E-state index contributed by atoms with van der Waals surface area (Å²) in [7, 11) is 0. The minimum atomic E-state index is -0.252. The van der Waals surface area contributed by atoms with Gasteiger partial charge in [-0.15, -0.1) is 0 Å². The van der Waals surface area contributed by atoms with Crippen LogP contribution in [0.2, 0.25) is 0 Å². The van der Waals surface area contributed by atoms with Gasteiger partial charge in [-0.2, -0.15) is 4.98 Å². The average molecular weight is 426 g/mol. The lowest BCUT2D eigenvalue weighted by molar-refractivity contribution is -0.111. The molecule has 0 bridgehead atoms. The van der Waals surface area contributed by atoms with Crippen molar-refractivity contribution in [1.29, 1.82) is 0 Å². The Kier molecular flexibility index (Phi) is 5.32. The topological polar surface area (TPSA) is 99.4 Å². The number of fused-ring (bicyclic) bond motifs is 1. The largest absolute Gasteiger partial charge is 0.454 e. The first-order valence-electron chi connectivity index (χ1n) is 9.94. The summed E-state index contributed by atoms with van der Waals surface area (Å²) in [6.45, 7) is 0.212. The van der Waals surface area contributed by atoms with E-state index in [0.717, 1.165) is 16.7 Å². The number of amides is 1. The van der Waals surface area contributed by atoms with Crippen LogP contribution in [0.3, 0.4) is 0 Å². The summed E-state index contributed by atoms with van der Waals surface area (Å²) in [6.07, 6.45) is 6.93. The third kappa shape index (κ3) is 4.34. The number of ether oxygens (including phenoxy) is 2. The van der Waals surface area contributed by atoms with Crippen LogP contribution in [0, 0.1) is 0 Å². The number of pyridine rings is 1. The Bertz CT molecular complexity index is 1280. The van der Waals surface area contributed by atoms with E-state index in [1.54, 1.807) is 18.5 Å². The molecule has 0 aliphatic carbocycles. The van der Waals surface area contributed by atoms with Crippen molar-refractivity contribution in [2.24, 2.45) is 0 Å². The molecule has 4 aromatic rings. The van der Waals surface area contributed by atoms with Crippen LogP contribution in [0.4, 0.5) is 5.69 Å². The summed E-state index contributed by atoms with van der Waals surface area (Å²) in [6, 6.07) is 16.6. The van der Waals surface area contributed by atoms with Crippen molar-refractivity contribution in [2.75, 3.05) is 12.1 Å². The van der Waals surface area contributed by atoms with Gasteiger partial charge in [0.25, 0.3) is 0 Å².